The van der Waals surface area contributed by atoms with Crippen LogP contribution in [-0.4, -0.2) is 50.0 Å². The molecule has 0 unspecified atom stereocenters. The Balaban J connectivity index is 1.70. The second kappa shape index (κ2) is 11.8. The van der Waals surface area contributed by atoms with Crippen molar-refractivity contribution in [1.29, 1.82) is 0 Å². The van der Waals surface area contributed by atoms with E-state index in [9.17, 15) is 37.1 Å². The summed E-state index contributed by atoms with van der Waals surface area (Å²) in [6.07, 6.45) is -1.19. The van der Waals surface area contributed by atoms with Crippen LogP contribution in [0.3, 0.4) is 0 Å². The van der Waals surface area contributed by atoms with Gasteiger partial charge in [0.25, 0.3) is 5.91 Å². The molecule has 1 amide bonds. The molecule has 2 aromatic rings. The van der Waals surface area contributed by atoms with E-state index in [0.717, 1.165) is 27.9 Å². The number of rotatable bonds is 7. The first-order valence-corrected chi connectivity index (χ1v) is 14.6. The summed E-state index contributed by atoms with van der Waals surface area (Å²) in [6.45, 7) is 5.07. The third-order valence-corrected chi connectivity index (χ3v) is 9.42. The summed E-state index contributed by atoms with van der Waals surface area (Å²) in [5, 5.41) is 13.0. The van der Waals surface area contributed by atoms with Gasteiger partial charge in [0.1, 0.15) is 5.82 Å². The largest absolute Gasteiger partial charge is 0.481 e. The molecular formula is C29H33Cl2F4N3O4. The van der Waals surface area contributed by atoms with Gasteiger partial charge in [0, 0.05) is 6.04 Å². The molecule has 4 rings (SSSR count). The first-order chi connectivity index (χ1) is 19.4. The number of Topliss-reactive ketones (excluding diaryl/α,β-unsaturated/α-hetero) is 1. The lowest BCUT2D eigenvalue weighted by molar-refractivity contribution is -0.152. The summed E-state index contributed by atoms with van der Waals surface area (Å²) in [5.41, 5.74) is -3.23. The number of carbonyl (C=O) groups excluding carboxylic acids is 2. The number of alkyl halides is 3. The molecule has 2 aliphatic carbocycles. The zero-order valence-corrected chi connectivity index (χ0v) is 25.0. The normalized spacial score (nSPS) is 23.0. The second-order valence-electron chi connectivity index (χ2n) is 12.4. The molecule has 1 aromatic heterocycles. The molecule has 0 radical (unpaired) electrons. The molecule has 0 aliphatic heterocycles. The third-order valence-electron chi connectivity index (χ3n) is 8.83. The molecule has 13 heteroatoms. The van der Waals surface area contributed by atoms with Crippen LogP contribution in [-0.2, 0) is 11.0 Å². The number of hydrogen-bond acceptors (Lipinski definition) is 4. The SMILES string of the molecule is CC1(C)CCC(N(CC(=O)c2c(Cl)cc(F)cc2Cl)C(=O)c2cnn([C@H]3CC[C@](C)(C(=O)O)CC3)c2C(F)(F)F)CC1. The van der Waals surface area contributed by atoms with Crippen LogP contribution in [0.4, 0.5) is 17.6 Å². The predicted molar refractivity (Wildman–Crippen MR) is 148 cm³/mol. The molecule has 0 spiro atoms. The summed E-state index contributed by atoms with van der Waals surface area (Å²) < 4.78 is 58.2. The molecule has 0 atom stereocenters. The number of benzene rings is 1. The summed E-state index contributed by atoms with van der Waals surface area (Å²) >= 11 is 12.2. The van der Waals surface area contributed by atoms with Crippen molar-refractivity contribution < 1.29 is 37.1 Å². The maximum atomic E-state index is 14.6. The summed E-state index contributed by atoms with van der Waals surface area (Å²) in [5.74, 6) is -3.51. The lowest BCUT2D eigenvalue weighted by Crippen LogP contribution is -2.46. The molecule has 0 saturated heterocycles. The number of carboxylic acids is 1. The van der Waals surface area contributed by atoms with Crippen molar-refractivity contribution in [1.82, 2.24) is 14.7 Å². The topological polar surface area (TPSA) is 92.5 Å². The van der Waals surface area contributed by atoms with E-state index in [0.29, 0.717) is 25.7 Å². The van der Waals surface area contributed by atoms with Crippen molar-refractivity contribution in [2.75, 3.05) is 6.54 Å². The van der Waals surface area contributed by atoms with Crippen LogP contribution in [0.1, 0.15) is 105 Å². The average Bonchev–Trinajstić information content (AvgIpc) is 3.33. The number of carbonyl (C=O) groups is 3. The first-order valence-electron chi connectivity index (χ1n) is 13.8. The van der Waals surface area contributed by atoms with E-state index in [2.05, 4.69) is 18.9 Å². The van der Waals surface area contributed by atoms with Crippen LogP contribution in [0, 0.1) is 16.6 Å². The van der Waals surface area contributed by atoms with Gasteiger partial charge >= 0.3 is 12.1 Å². The number of amides is 1. The van der Waals surface area contributed by atoms with Crippen LogP contribution >= 0.6 is 23.2 Å². The number of aromatic nitrogens is 2. The minimum absolute atomic E-state index is 0.0355. The minimum Gasteiger partial charge on any atom is -0.481 e. The number of ketones is 1. The minimum atomic E-state index is -4.96. The summed E-state index contributed by atoms with van der Waals surface area (Å²) in [4.78, 5) is 40.1. The van der Waals surface area contributed by atoms with E-state index in [1.54, 1.807) is 6.92 Å². The Morgan fingerprint density at radius 3 is 2.07 bits per heavy atom. The van der Waals surface area contributed by atoms with Crippen molar-refractivity contribution in [3.8, 4) is 0 Å². The molecule has 1 aromatic carbocycles. The standard InChI is InChI=1S/C29H33Cl2F4N3O4/c1-27(2)8-4-17(5-9-27)37(15-22(39)23-20(30)12-16(32)13-21(23)31)25(40)19-14-36-38(24(19)29(33,34)35)18-6-10-28(3,11-7-18)26(41)42/h12-14,17-18H,4-11,15H2,1-3H3,(H,41,42)/t18-,28-. The number of nitrogens with zero attached hydrogens (tertiary/aromatic N) is 3. The van der Waals surface area contributed by atoms with Gasteiger partial charge in [-0.25, -0.2) is 4.39 Å². The fourth-order valence-corrected chi connectivity index (χ4v) is 6.71. The van der Waals surface area contributed by atoms with Crippen LogP contribution in [0.15, 0.2) is 18.3 Å². The number of halogens is 6. The molecule has 2 fully saturated rings. The quantitative estimate of drug-likeness (QED) is 0.248. The maximum Gasteiger partial charge on any atom is 0.433 e. The maximum absolute atomic E-state index is 14.6. The Labute approximate surface area is 251 Å². The highest BCUT2D eigenvalue weighted by molar-refractivity contribution is 6.40. The Bertz CT molecular complexity index is 1350. The Morgan fingerprint density at radius 2 is 1.57 bits per heavy atom. The molecular weight excluding hydrogens is 601 g/mol. The van der Waals surface area contributed by atoms with E-state index < -0.39 is 65.0 Å². The van der Waals surface area contributed by atoms with Crippen LogP contribution < -0.4 is 0 Å². The van der Waals surface area contributed by atoms with Gasteiger partial charge in [0.2, 0.25) is 0 Å². The van der Waals surface area contributed by atoms with Crippen molar-refractivity contribution in [2.45, 2.75) is 90.4 Å². The van der Waals surface area contributed by atoms with E-state index in [4.69, 9.17) is 23.2 Å². The predicted octanol–water partition coefficient (Wildman–Crippen LogP) is 7.85. The van der Waals surface area contributed by atoms with Gasteiger partial charge in [-0.05, 0) is 75.8 Å². The zero-order chi connectivity index (χ0) is 31.2. The number of hydrogen-bond donors (Lipinski definition) is 1. The molecule has 230 valence electrons. The smallest absolute Gasteiger partial charge is 0.433 e. The van der Waals surface area contributed by atoms with Gasteiger partial charge in [0.15, 0.2) is 11.5 Å². The molecule has 2 saturated carbocycles. The molecule has 42 heavy (non-hydrogen) atoms. The summed E-state index contributed by atoms with van der Waals surface area (Å²) in [7, 11) is 0. The number of carboxylic acid groups (broad SMARTS) is 1. The lowest BCUT2D eigenvalue weighted by atomic mass is 9.74. The fraction of sp³-hybridized carbons (Fsp3) is 0.586. The Kier molecular flexibility index (Phi) is 9.05. The van der Waals surface area contributed by atoms with E-state index in [1.807, 2.05) is 0 Å². The number of aliphatic carboxylic acids is 1. The Hall–Kier alpha value is -2.66. The molecule has 1 N–H and O–H groups in total. The fourth-order valence-electron chi connectivity index (χ4n) is 6.04. The van der Waals surface area contributed by atoms with Gasteiger partial charge in [-0.2, -0.15) is 18.3 Å². The van der Waals surface area contributed by atoms with E-state index in [1.165, 1.54) is 0 Å². The zero-order valence-electron chi connectivity index (χ0n) is 23.5. The van der Waals surface area contributed by atoms with Crippen LogP contribution in [0.2, 0.25) is 10.0 Å². The van der Waals surface area contributed by atoms with E-state index in [-0.39, 0.29) is 46.7 Å². The Morgan fingerprint density at radius 1 is 1.02 bits per heavy atom. The third kappa shape index (κ3) is 6.61. The van der Waals surface area contributed by atoms with Gasteiger partial charge in [-0.1, -0.05) is 37.0 Å². The van der Waals surface area contributed by atoms with Gasteiger partial charge in [-0.15, -0.1) is 0 Å². The van der Waals surface area contributed by atoms with Crippen molar-refractivity contribution >= 4 is 40.9 Å². The first kappa shape index (κ1) is 32.3. The van der Waals surface area contributed by atoms with Gasteiger partial charge in [-0.3, -0.25) is 19.1 Å². The monoisotopic (exact) mass is 633 g/mol. The van der Waals surface area contributed by atoms with Crippen molar-refractivity contribution in [2.24, 2.45) is 10.8 Å². The summed E-state index contributed by atoms with van der Waals surface area (Å²) in [6, 6.07) is 0.517. The van der Waals surface area contributed by atoms with Crippen molar-refractivity contribution in [3.05, 3.63) is 51.0 Å². The van der Waals surface area contributed by atoms with Crippen LogP contribution in [0.25, 0.3) is 0 Å². The van der Waals surface area contributed by atoms with Crippen LogP contribution in [0.5, 0.6) is 0 Å². The molecule has 0 bridgehead atoms. The molecule has 2 aliphatic rings. The average molecular weight is 634 g/mol. The van der Waals surface area contributed by atoms with Crippen molar-refractivity contribution in [3.63, 3.8) is 0 Å². The highest BCUT2D eigenvalue weighted by atomic mass is 35.5. The van der Waals surface area contributed by atoms with Gasteiger partial charge < -0.3 is 10.0 Å². The lowest BCUT2D eigenvalue weighted by Gasteiger charge is -2.40. The van der Waals surface area contributed by atoms with E-state index >= 15 is 0 Å². The molecule has 1 heterocycles. The molecule has 7 nitrogen and oxygen atoms in total. The second-order valence-corrected chi connectivity index (χ2v) is 13.3. The van der Waals surface area contributed by atoms with Gasteiger partial charge in [0.05, 0.1) is 45.4 Å². The highest BCUT2D eigenvalue weighted by Crippen LogP contribution is 2.44. The highest BCUT2D eigenvalue weighted by Gasteiger charge is 2.46.